The fraction of sp³-hybridized carbons (Fsp3) is 0.100. The largest absolute Gasteiger partial charge is 0.345 e. The summed E-state index contributed by atoms with van der Waals surface area (Å²) in [5.74, 6) is 5.50. The van der Waals surface area contributed by atoms with Gasteiger partial charge in [-0.05, 0) is 11.6 Å². The molecule has 6 heteroatoms. The van der Waals surface area contributed by atoms with Crippen molar-refractivity contribution < 1.29 is 4.79 Å². The van der Waals surface area contributed by atoms with Crippen LogP contribution in [0.2, 0.25) is 10.4 Å². The van der Waals surface area contributed by atoms with Crippen LogP contribution < -0.4 is 0 Å². The molecule has 0 aliphatic carbocycles. The summed E-state index contributed by atoms with van der Waals surface area (Å²) in [5.41, 5.74) is 1.18. The molecule has 0 bridgehead atoms. The van der Waals surface area contributed by atoms with Crippen LogP contribution in [0.25, 0.3) is 11.0 Å². The number of hydrogen-bond donors (Lipinski definition) is 1. The molecule has 0 aliphatic rings. The van der Waals surface area contributed by atoms with Gasteiger partial charge in [-0.2, -0.15) is 4.98 Å². The fourth-order valence-corrected chi connectivity index (χ4v) is 1.73. The van der Waals surface area contributed by atoms with E-state index in [0.29, 0.717) is 16.6 Å². The number of aromatic nitrogens is 3. The van der Waals surface area contributed by atoms with Crippen molar-refractivity contribution in [3.63, 3.8) is 0 Å². The van der Waals surface area contributed by atoms with E-state index in [1.54, 1.807) is 6.20 Å². The van der Waals surface area contributed by atoms with Gasteiger partial charge in [-0.1, -0.05) is 23.4 Å². The molecule has 0 unspecified atom stereocenters. The number of carbonyl (C=O) groups is 1. The van der Waals surface area contributed by atoms with E-state index in [0.717, 1.165) is 6.29 Å². The first-order chi connectivity index (χ1) is 7.72. The third-order valence-electron chi connectivity index (χ3n) is 1.87. The van der Waals surface area contributed by atoms with Gasteiger partial charge in [0.2, 0.25) is 5.28 Å². The van der Waals surface area contributed by atoms with E-state index in [1.165, 1.54) is 0 Å². The van der Waals surface area contributed by atoms with Gasteiger partial charge in [-0.25, -0.2) is 4.98 Å². The third-order valence-corrected chi connectivity index (χ3v) is 2.31. The smallest absolute Gasteiger partial charge is 0.225 e. The Hall–Kier alpha value is -1.57. The van der Waals surface area contributed by atoms with Gasteiger partial charge >= 0.3 is 0 Å². The highest BCUT2D eigenvalue weighted by molar-refractivity contribution is 6.36. The van der Waals surface area contributed by atoms with Crippen LogP contribution in [0, 0.1) is 11.8 Å². The molecule has 0 atom stereocenters. The number of nitrogens with one attached hydrogen (secondary N) is 1. The van der Waals surface area contributed by atoms with Crippen molar-refractivity contribution in [1.29, 1.82) is 0 Å². The maximum Gasteiger partial charge on any atom is 0.225 e. The summed E-state index contributed by atoms with van der Waals surface area (Å²) in [6.07, 6.45) is 2.56. The number of halogens is 2. The molecule has 0 aliphatic heterocycles. The Kier molecular flexibility index (Phi) is 3.09. The molecule has 1 N–H and O–H groups in total. The maximum absolute atomic E-state index is 10.1. The Labute approximate surface area is 101 Å². The quantitative estimate of drug-likeness (QED) is 0.367. The Bertz CT molecular complexity index is 610. The molecule has 0 radical (unpaired) electrons. The molecule has 0 saturated heterocycles. The van der Waals surface area contributed by atoms with Gasteiger partial charge in [0.15, 0.2) is 0 Å². The summed E-state index contributed by atoms with van der Waals surface area (Å²) in [6.45, 7) is 0. The Balaban J connectivity index is 2.57. The molecule has 0 spiro atoms. The van der Waals surface area contributed by atoms with Crippen LogP contribution in [-0.2, 0) is 4.79 Å². The number of hydrogen-bond acceptors (Lipinski definition) is 3. The zero-order valence-electron chi connectivity index (χ0n) is 7.92. The molecule has 2 aromatic rings. The zero-order chi connectivity index (χ0) is 11.5. The minimum absolute atomic E-state index is 0.0757. The summed E-state index contributed by atoms with van der Waals surface area (Å²) in [4.78, 5) is 20.8. The number of H-pyrrole nitrogens is 1. The monoisotopic (exact) mass is 253 g/mol. The van der Waals surface area contributed by atoms with Gasteiger partial charge in [0.1, 0.15) is 17.1 Å². The second kappa shape index (κ2) is 4.52. The lowest BCUT2D eigenvalue weighted by molar-refractivity contribution is -0.107. The van der Waals surface area contributed by atoms with E-state index in [1.807, 2.05) is 0 Å². The minimum Gasteiger partial charge on any atom is -0.345 e. The summed E-state index contributed by atoms with van der Waals surface area (Å²) >= 11 is 11.6. The van der Waals surface area contributed by atoms with Crippen molar-refractivity contribution in [2.45, 2.75) is 6.42 Å². The zero-order valence-corrected chi connectivity index (χ0v) is 9.43. The van der Waals surface area contributed by atoms with E-state index in [2.05, 4.69) is 26.8 Å². The molecule has 2 heterocycles. The van der Waals surface area contributed by atoms with Crippen molar-refractivity contribution in [1.82, 2.24) is 15.0 Å². The lowest BCUT2D eigenvalue weighted by Gasteiger charge is -1.94. The van der Waals surface area contributed by atoms with E-state index in [9.17, 15) is 4.79 Å². The van der Waals surface area contributed by atoms with Gasteiger partial charge in [0, 0.05) is 6.20 Å². The van der Waals surface area contributed by atoms with Gasteiger partial charge in [-0.3, -0.25) is 0 Å². The van der Waals surface area contributed by atoms with Crippen LogP contribution in [0.15, 0.2) is 6.20 Å². The number of rotatable bonds is 1. The van der Waals surface area contributed by atoms with Crippen LogP contribution in [-0.4, -0.2) is 21.2 Å². The maximum atomic E-state index is 10.1. The van der Waals surface area contributed by atoms with Crippen LogP contribution in [0.4, 0.5) is 0 Å². The highest BCUT2D eigenvalue weighted by Gasteiger charge is 2.09. The molecule has 0 saturated carbocycles. The molecule has 4 nitrogen and oxygen atoms in total. The lowest BCUT2D eigenvalue weighted by atomic mass is 10.2. The van der Waals surface area contributed by atoms with Crippen LogP contribution >= 0.6 is 23.2 Å². The highest BCUT2D eigenvalue weighted by atomic mass is 35.5. The Morgan fingerprint density at radius 1 is 1.44 bits per heavy atom. The molecule has 0 fully saturated rings. The number of nitrogens with zero attached hydrogens (tertiary/aromatic N) is 2. The topological polar surface area (TPSA) is 58.6 Å². The van der Waals surface area contributed by atoms with E-state index in [-0.39, 0.29) is 16.9 Å². The van der Waals surface area contributed by atoms with Crippen molar-refractivity contribution in [2.24, 2.45) is 0 Å². The molecule has 0 amide bonds. The summed E-state index contributed by atoms with van der Waals surface area (Å²) < 4.78 is 0. The normalized spacial score (nSPS) is 9.88. The van der Waals surface area contributed by atoms with Crippen molar-refractivity contribution in [3.8, 4) is 11.8 Å². The number of aromatic amines is 1. The van der Waals surface area contributed by atoms with Gasteiger partial charge < -0.3 is 9.78 Å². The van der Waals surface area contributed by atoms with Crippen molar-refractivity contribution in [3.05, 3.63) is 22.2 Å². The number of fused-ring (bicyclic) bond motifs is 1. The first-order valence-electron chi connectivity index (χ1n) is 4.35. The second-order valence-electron chi connectivity index (χ2n) is 2.88. The van der Waals surface area contributed by atoms with Gasteiger partial charge in [-0.15, -0.1) is 0 Å². The predicted molar refractivity (Wildman–Crippen MR) is 61.5 cm³/mol. The summed E-state index contributed by atoms with van der Waals surface area (Å²) in [7, 11) is 0. The van der Waals surface area contributed by atoms with E-state index in [4.69, 9.17) is 23.2 Å². The van der Waals surface area contributed by atoms with Crippen molar-refractivity contribution >= 4 is 40.5 Å². The fourth-order valence-electron chi connectivity index (χ4n) is 1.25. The molecule has 2 rings (SSSR count). The number of carbonyl (C=O) groups excluding carboxylic acids is 1. The average molecular weight is 254 g/mol. The molecule has 0 aromatic carbocycles. The Morgan fingerprint density at radius 2 is 2.25 bits per heavy atom. The lowest BCUT2D eigenvalue weighted by Crippen LogP contribution is -1.85. The third kappa shape index (κ3) is 2.01. The molecule has 2 aromatic heterocycles. The highest BCUT2D eigenvalue weighted by Crippen LogP contribution is 2.24. The number of aldehydes is 1. The van der Waals surface area contributed by atoms with Crippen LogP contribution in [0.3, 0.4) is 0 Å². The summed E-state index contributed by atoms with van der Waals surface area (Å²) in [6, 6.07) is 0. The second-order valence-corrected chi connectivity index (χ2v) is 3.58. The first-order valence-corrected chi connectivity index (χ1v) is 5.10. The van der Waals surface area contributed by atoms with Gasteiger partial charge in [0.05, 0.1) is 17.4 Å². The minimum atomic E-state index is 0.0757. The van der Waals surface area contributed by atoms with Crippen LogP contribution in [0.5, 0.6) is 0 Å². The molecule has 16 heavy (non-hydrogen) atoms. The van der Waals surface area contributed by atoms with E-state index >= 15 is 0 Å². The molecule has 80 valence electrons. The van der Waals surface area contributed by atoms with E-state index < -0.39 is 0 Å². The molecular weight excluding hydrogens is 249 g/mol. The predicted octanol–water partition coefficient (Wildman–Crippen LogP) is 2.21. The van der Waals surface area contributed by atoms with Gasteiger partial charge in [0.25, 0.3) is 0 Å². The SMILES string of the molecule is O=CCC#Cc1c[nH]c2nc(Cl)nc(Cl)c12. The average Bonchev–Trinajstić information content (AvgIpc) is 2.62. The standard InChI is InChI=1S/C10H5Cl2N3O/c11-8-7-6(3-1-2-4-16)5-13-9(7)15-10(12)14-8/h4-5H,2H2,(H,13,14,15). The molecular formula is C10H5Cl2N3O. The Morgan fingerprint density at radius 3 is 3.00 bits per heavy atom. The van der Waals surface area contributed by atoms with Crippen molar-refractivity contribution in [2.75, 3.05) is 0 Å². The van der Waals surface area contributed by atoms with Crippen LogP contribution in [0.1, 0.15) is 12.0 Å². The summed E-state index contributed by atoms with van der Waals surface area (Å²) in [5, 5.41) is 0.933. The first kappa shape index (κ1) is 10.9.